The highest BCUT2D eigenvalue weighted by molar-refractivity contribution is 5.88. The minimum atomic E-state index is -0.308. The van der Waals surface area contributed by atoms with Gasteiger partial charge in [-0.1, -0.05) is 13.3 Å². The molecule has 0 aromatic carbocycles. The first kappa shape index (κ1) is 15.0. The molecule has 1 aliphatic rings. The van der Waals surface area contributed by atoms with Gasteiger partial charge in [-0.05, 0) is 31.7 Å². The zero-order valence-corrected chi connectivity index (χ0v) is 11.4. The van der Waals surface area contributed by atoms with Crippen molar-refractivity contribution >= 4 is 11.8 Å². The largest absolute Gasteiger partial charge is 0.344 e. The van der Waals surface area contributed by atoms with Crippen LogP contribution in [0.15, 0.2) is 0 Å². The Morgan fingerprint density at radius 2 is 2.28 bits per heavy atom. The van der Waals surface area contributed by atoms with Crippen LogP contribution in [0.1, 0.15) is 39.0 Å². The van der Waals surface area contributed by atoms with E-state index in [0.29, 0.717) is 18.9 Å². The average molecular weight is 255 g/mol. The Morgan fingerprint density at radius 1 is 1.56 bits per heavy atom. The number of amides is 2. The molecule has 1 fully saturated rings. The molecule has 0 spiro atoms. The van der Waals surface area contributed by atoms with E-state index in [1.807, 2.05) is 0 Å². The number of hydrogen-bond acceptors (Lipinski definition) is 3. The third kappa shape index (κ3) is 4.29. The van der Waals surface area contributed by atoms with Crippen molar-refractivity contribution < 1.29 is 9.59 Å². The van der Waals surface area contributed by atoms with Gasteiger partial charge in [0, 0.05) is 20.0 Å². The summed E-state index contributed by atoms with van der Waals surface area (Å²) in [5, 5.41) is 2.82. The first-order valence-corrected chi connectivity index (χ1v) is 6.82. The third-order valence-corrected chi connectivity index (χ3v) is 3.69. The SMILES string of the molecule is CCC(CCN)CCC(=O)NC1CCN(C)C1=O. The van der Waals surface area contributed by atoms with E-state index in [1.54, 1.807) is 11.9 Å². The normalized spacial score (nSPS) is 21.2. The van der Waals surface area contributed by atoms with Gasteiger partial charge in [-0.2, -0.15) is 0 Å². The highest BCUT2D eigenvalue weighted by Gasteiger charge is 2.29. The van der Waals surface area contributed by atoms with Gasteiger partial charge in [0.05, 0.1) is 0 Å². The number of likely N-dealkylation sites (tertiary alicyclic amines) is 1. The van der Waals surface area contributed by atoms with E-state index in [0.717, 1.165) is 32.2 Å². The number of carbonyl (C=O) groups is 2. The molecule has 5 heteroatoms. The Kier molecular flexibility index (Phi) is 6.12. The Balaban J connectivity index is 2.27. The lowest BCUT2D eigenvalue weighted by Crippen LogP contribution is -2.40. The van der Waals surface area contributed by atoms with Crippen LogP contribution in [0, 0.1) is 5.92 Å². The van der Waals surface area contributed by atoms with Crippen LogP contribution in [0.3, 0.4) is 0 Å². The molecule has 0 aromatic rings. The summed E-state index contributed by atoms with van der Waals surface area (Å²) in [5.41, 5.74) is 5.53. The Bertz CT molecular complexity index is 294. The maximum absolute atomic E-state index is 11.8. The van der Waals surface area contributed by atoms with Gasteiger partial charge in [-0.25, -0.2) is 0 Å². The van der Waals surface area contributed by atoms with Gasteiger partial charge in [-0.15, -0.1) is 0 Å². The van der Waals surface area contributed by atoms with Gasteiger partial charge in [0.2, 0.25) is 11.8 Å². The molecule has 104 valence electrons. The van der Waals surface area contributed by atoms with Crippen molar-refractivity contribution in [3.05, 3.63) is 0 Å². The van der Waals surface area contributed by atoms with Crippen LogP contribution in [0.5, 0.6) is 0 Å². The number of likely N-dealkylation sites (N-methyl/N-ethyl adjacent to an activating group) is 1. The summed E-state index contributed by atoms with van der Waals surface area (Å²) in [6.07, 6.45) is 4.09. The second-order valence-electron chi connectivity index (χ2n) is 5.06. The highest BCUT2D eigenvalue weighted by Crippen LogP contribution is 2.15. The molecule has 2 atom stereocenters. The summed E-state index contributed by atoms with van der Waals surface area (Å²) in [6.45, 7) is 3.52. The van der Waals surface area contributed by atoms with Crippen LogP contribution in [0.2, 0.25) is 0 Å². The van der Waals surface area contributed by atoms with E-state index < -0.39 is 0 Å². The van der Waals surface area contributed by atoms with Gasteiger partial charge in [0.1, 0.15) is 6.04 Å². The predicted octanol–water partition coefficient (Wildman–Crippen LogP) is 0.489. The maximum atomic E-state index is 11.8. The zero-order chi connectivity index (χ0) is 13.5. The molecule has 2 amide bonds. The number of nitrogens with one attached hydrogen (secondary N) is 1. The monoisotopic (exact) mass is 255 g/mol. The average Bonchev–Trinajstić information content (AvgIpc) is 2.66. The maximum Gasteiger partial charge on any atom is 0.244 e. The van der Waals surface area contributed by atoms with Crippen molar-refractivity contribution in [3.63, 3.8) is 0 Å². The molecule has 1 rings (SSSR count). The fourth-order valence-corrected chi connectivity index (χ4v) is 2.35. The highest BCUT2D eigenvalue weighted by atomic mass is 16.2. The van der Waals surface area contributed by atoms with Crippen molar-refractivity contribution in [2.45, 2.75) is 45.1 Å². The van der Waals surface area contributed by atoms with E-state index in [4.69, 9.17) is 5.73 Å². The van der Waals surface area contributed by atoms with Gasteiger partial charge in [0.15, 0.2) is 0 Å². The summed E-state index contributed by atoms with van der Waals surface area (Å²) in [5.74, 6) is 0.527. The van der Waals surface area contributed by atoms with E-state index in [2.05, 4.69) is 12.2 Å². The van der Waals surface area contributed by atoms with Crippen LogP contribution in [0.4, 0.5) is 0 Å². The molecule has 5 nitrogen and oxygen atoms in total. The van der Waals surface area contributed by atoms with Crippen LogP contribution in [0.25, 0.3) is 0 Å². The Labute approximate surface area is 109 Å². The fourth-order valence-electron chi connectivity index (χ4n) is 2.35. The lowest BCUT2D eigenvalue weighted by atomic mass is 9.96. The van der Waals surface area contributed by atoms with Gasteiger partial charge >= 0.3 is 0 Å². The quantitative estimate of drug-likeness (QED) is 0.695. The third-order valence-electron chi connectivity index (χ3n) is 3.69. The van der Waals surface area contributed by atoms with E-state index in [9.17, 15) is 9.59 Å². The molecular weight excluding hydrogens is 230 g/mol. The standard InChI is InChI=1S/C13H25N3O2/c1-3-10(6-8-14)4-5-12(17)15-11-7-9-16(2)13(11)18/h10-11H,3-9,14H2,1-2H3,(H,15,17). The Morgan fingerprint density at radius 3 is 2.78 bits per heavy atom. The molecule has 18 heavy (non-hydrogen) atoms. The molecule has 0 saturated carbocycles. The summed E-state index contributed by atoms with van der Waals surface area (Å²) in [7, 11) is 1.77. The molecule has 1 aliphatic heterocycles. The molecule has 0 bridgehead atoms. The second-order valence-corrected chi connectivity index (χ2v) is 5.06. The molecule has 3 N–H and O–H groups in total. The van der Waals surface area contributed by atoms with Gasteiger partial charge in [-0.3, -0.25) is 9.59 Å². The number of carbonyl (C=O) groups excluding carboxylic acids is 2. The minimum absolute atomic E-state index is 0.0147. The first-order valence-electron chi connectivity index (χ1n) is 6.82. The summed E-state index contributed by atoms with van der Waals surface area (Å²) >= 11 is 0. The van der Waals surface area contributed by atoms with Crippen molar-refractivity contribution in [2.24, 2.45) is 11.7 Å². The van der Waals surface area contributed by atoms with Crippen LogP contribution in [-0.2, 0) is 9.59 Å². The lowest BCUT2D eigenvalue weighted by molar-refractivity contribution is -0.131. The van der Waals surface area contributed by atoms with Crippen molar-refractivity contribution in [1.29, 1.82) is 0 Å². The second kappa shape index (κ2) is 7.36. The lowest BCUT2D eigenvalue weighted by Gasteiger charge is -2.15. The predicted molar refractivity (Wildman–Crippen MR) is 70.9 cm³/mol. The van der Waals surface area contributed by atoms with Crippen LogP contribution in [-0.4, -0.2) is 42.9 Å². The van der Waals surface area contributed by atoms with Gasteiger partial charge < -0.3 is 16.0 Å². The molecule has 0 aliphatic carbocycles. The minimum Gasteiger partial charge on any atom is -0.344 e. The molecule has 0 aromatic heterocycles. The van der Waals surface area contributed by atoms with E-state index >= 15 is 0 Å². The topological polar surface area (TPSA) is 75.4 Å². The molecule has 1 saturated heterocycles. The fraction of sp³-hybridized carbons (Fsp3) is 0.846. The van der Waals surface area contributed by atoms with Crippen LogP contribution >= 0.6 is 0 Å². The summed E-state index contributed by atoms with van der Waals surface area (Å²) in [4.78, 5) is 25.1. The Hall–Kier alpha value is -1.10. The summed E-state index contributed by atoms with van der Waals surface area (Å²) < 4.78 is 0. The van der Waals surface area contributed by atoms with E-state index in [1.165, 1.54) is 0 Å². The van der Waals surface area contributed by atoms with Crippen molar-refractivity contribution in [1.82, 2.24) is 10.2 Å². The number of nitrogens with two attached hydrogens (primary N) is 1. The number of nitrogens with zero attached hydrogens (tertiary/aromatic N) is 1. The number of hydrogen-bond donors (Lipinski definition) is 2. The van der Waals surface area contributed by atoms with E-state index in [-0.39, 0.29) is 17.9 Å². The molecule has 2 unspecified atom stereocenters. The first-order chi connectivity index (χ1) is 8.58. The van der Waals surface area contributed by atoms with Gasteiger partial charge in [0.25, 0.3) is 0 Å². The zero-order valence-electron chi connectivity index (χ0n) is 11.4. The smallest absolute Gasteiger partial charge is 0.244 e. The van der Waals surface area contributed by atoms with Crippen molar-refractivity contribution in [3.8, 4) is 0 Å². The van der Waals surface area contributed by atoms with Crippen LogP contribution < -0.4 is 11.1 Å². The number of rotatable bonds is 7. The molecular formula is C13H25N3O2. The molecule has 1 heterocycles. The molecule has 0 radical (unpaired) electrons. The summed E-state index contributed by atoms with van der Waals surface area (Å²) in [6, 6.07) is -0.308. The van der Waals surface area contributed by atoms with Crippen molar-refractivity contribution in [2.75, 3.05) is 20.1 Å².